The zero-order valence-electron chi connectivity index (χ0n) is 10.7. The molecule has 4 N–H and O–H groups in total. The topological polar surface area (TPSA) is 129 Å². The summed E-state index contributed by atoms with van der Waals surface area (Å²) in [6.07, 6.45) is 0.278. The van der Waals surface area contributed by atoms with Gasteiger partial charge < -0.3 is 25.3 Å². The van der Waals surface area contributed by atoms with Gasteiger partial charge in [-0.2, -0.15) is 0 Å². The van der Waals surface area contributed by atoms with Gasteiger partial charge in [-0.25, -0.2) is 4.79 Å². The second-order valence-electron chi connectivity index (χ2n) is 3.99. The number of hydrogen-bond acceptors (Lipinski definition) is 5. The van der Waals surface area contributed by atoms with Gasteiger partial charge in [-0.05, 0) is 18.6 Å². The Morgan fingerprint density at radius 3 is 2.65 bits per heavy atom. The molecule has 0 aliphatic rings. The third-order valence-corrected chi connectivity index (χ3v) is 2.39. The van der Waals surface area contributed by atoms with Gasteiger partial charge in [-0.15, -0.1) is 0 Å². The number of carboxylic acid groups (broad SMARTS) is 1. The molecule has 8 nitrogen and oxygen atoms in total. The first-order chi connectivity index (χ1) is 9.50. The fourth-order valence-electron chi connectivity index (χ4n) is 1.33. The van der Waals surface area contributed by atoms with Crippen LogP contribution in [0.5, 0.6) is 0 Å². The van der Waals surface area contributed by atoms with Gasteiger partial charge in [-0.1, -0.05) is 0 Å². The molecule has 1 heterocycles. The van der Waals surface area contributed by atoms with Crippen molar-refractivity contribution in [3.8, 4) is 0 Å². The molecule has 2 amide bonds. The van der Waals surface area contributed by atoms with E-state index in [-0.39, 0.29) is 31.2 Å². The van der Waals surface area contributed by atoms with Crippen LogP contribution in [0.1, 0.15) is 23.4 Å². The average Bonchev–Trinajstić information content (AvgIpc) is 2.94. The van der Waals surface area contributed by atoms with E-state index in [1.807, 2.05) is 0 Å². The van der Waals surface area contributed by atoms with Crippen LogP contribution in [0.15, 0.2) is 22.8 Å². The fourth-order valence-corrected chi connectivity index (χ4v) is 1.33. The van der Waals surface area contributed by atoms with E-state index < -0.39 is 18.0 Å². The maximum absolute atomic E-state index is 11.4. The Balaban J connectivity index is 2.10. The molecule has 8 heteroatoms. The van der Waals surface area contributed by atoms with Crippen molar-refractivity contribution in [2.45, 2.75) is 18.9 Å². The minimum atomic E-state index is -1.61. The van der Waals surface area contributed by atoms with Crippen molar-refractivity contribution >= 4 is 17.8 Å². The molecule has 1 rings (SSSR count). The molecule has 0 aliphatic carbocycles. The normalized spacial score (nSPS) is 11.7. The molecule has 0 saturated heterocycles. The van der Waals surface area contributed by atoms with Crippen molar-refractivity contribution in [3.63, 3.8) is 0 Å². The molecule has 0 aromatic carbocycles. The molecule has 1 aromatic rings. The Bertz CT molecular complexity index is 457. The Hall–Kier alpha value is -2.35. The SMILES string of the molecule is O=C(CCCNC(=O)c1ccco1)NCC(O)C(=O)O. The van der Waals surface area contributed by atoms with Crippen LogP contribution in [-0.2, 0) is 9.59 Å². The molecule has 20 heavy (non-hydrogen) atoms. The van der Waals surface area contributed by atoms with E-state index in [0.29, 0.717) is 6.42 Å². The summed E-state index contributed by atoms with van der Waals surface area (Å²) in [6, 6.07) is 3.12. The summed E-state index contributed by atoms with van der Waals surface area (Å²) in [5.41, 5.74) is 0. The van der Waals surface area contributed by atoms with Crippen LogP contribution in [0.4, 0.5) is 0 Å². The van der Waals surface area contributed by atoms with E-state index in [9.17, 15) is 14.4 Å². The lowest BCUT2D eigenvalue weighted by Crippen LogP contribution is -2.36. The number of furan rings is 1. The van der Waals surface area contributed by atoms with E-state index in [4.69, 9.17) is 14.6 Å². The number of carbonyl (C=O) groups excluding carboxylic acids is 2. The Labute approximate surface area is 114 Å². The summed E-state index contributed by atoms with van der Waals surface area (Å²) >= 11 is 0. The van der Waals surface area contributed by atoms with Crippen molar-refractivity contribution in [2.24, 2.45) is 0 Å². The molecular formula is C12H16N2O6. The molecule has 0 spiro atoms. The minimum absolute atomic E-state index is 0.116. The van der Waals surface area contributed by atoms with Crippen LogP contribution >= 0.6 is 0 Å². The lowest BCUT2D eigenvalue weighted by atomic mass is 10.2. The summed E-state index contributed by atoms with van der Waals surface area (Å²) < 4.78 is 4.89. The summed E-state index contributed by atoms with van der Waals surface area (Å²) in [7, 11) is 0. The molecule has 0 fully saturated rings. The highest BCUT2D eigenvalue weighted by Crippen LogP contribution is 1.99. The predicted octanol–water partition coefficient (Wildman–Crippen LogP) is -0.649. The van der Waals surface area contributed by atoms with Crippen LogP contribution in [-0.4, -0.2) is 47.2 Å². The Kier molecular flexibility index (Phi) is 6.24. The van der Waals surface area contributed by atoms with Gasteiger partial charge in [-0.3, -0.25) is 9.59 Å². The number of rotatable bonds is 8. The maximum atomic E-state index is 11.4. The number of hydrogen-bond donors (Lipinski definition) is 4. The highest BCUT2D eigenvalue weighted by atomic mass is 16.4. The van der Waals surface area contributed by atoms with Crippen molar-refractivity contribution < 1.29 is 29.0 Å². The highest BCUT2D eigenvalue weighted by molar-refractivity contribution is 5.91. The second-order valence-corrected chi connectivity index (χ2v) is 3.99. The smallest absolute Gasteiger partial charge is 0.334 e. The van der Waals surface area contributed by atoms with E-state index in [0.717, 1.165) is 0 Å². The lowest BCUT2D eigenvalue weighted by Gasteiger charge is -2.07. The zero-order chi connectivity index (χ0) is 15.0. The summed E-state index contributed by atoms with van der Waals surface area (Å²) in [4.78, 5) is 33.0. The van der Waals surface area contributed by atoms with Crippen LogP contribution < -0.4 is 10.6 Å². The number of carboxylic acids is 1. The maximum Gasteiger partial charge on any atom is 0.334 e. The molecule has 0 bridgehead atoms. The summed E-state index contributed by atoms with van der Waals surface area (Å²) in [5.74, 6) is -1.95. The first-order valence-corrected chi connectivity index (χ1v) is 6.00. The number of aliphatic hydroxyl groups is 1. The number of nitrogens with one attached hydrogen (secondary N) is 2. The molecule has 1 aromatic heterocycles. The minimum Gasteiger partial charge on any atom is -0.479 e. The highest BCUT2D eigenvalue weighted by Gasteiger charge is 2.14. The molecule has 1 unspecified atom stereocenters. The first-order valence-electron chi connectivity index (χ1n) is 6.00. The number of amides is 2. The molecule has 0 saturated carbocycles. The van der Waals surface area contributed by atoms with E-state index in [1.54, 1.807) is 6.07 Å². The molecule has 0 radical (unpaired) electrons. The standard InChI is InChI=1S/C12H16N2O6/c15-8(12(18)19)7-14-10(16)4-1-5-13-11(17)9-3-2-6-20-9/h2-3,6,8,15H,1,4-5,7H2,(H,13,17)(H,14,16)(H,18,19). The van der Waals surface area contributed by atoms with Crippen molar-refractivity contribution in [2.75, 3.05) is 13.1 Å². The molecule has 0 aliphatic heterocycles. The number of aliphatic hydroxyl groups excluding tert-OH is 1. The van der Waals surface area contributed by atoms with E-state index in [2.05, 4.69) is 10.6 Å². The van der Waals surface area contributed by atoms with Crippen LogP contribution in [0.3, 0.4) is 0 Å². The lowest BCUT2D eigenvalue weighted by molar-refractivity contribution is -0.146. The van der Waals surface area contributed by atoms with Gasteiger partial charge in [0.25, 0.3) is 5.91 Å². The van der Waals surface area contributed by atoms with Crippen molar-refractivity contribution in [3.05, 3.63) is 24.2 Å². The zero-order valence-corrected chi connectivity index (χ0v) is 10.7. The Morgan fingerprint density at radius 2 is 2.05 bits per heavy atom. The second kappa shape index (κ2) is 7.95. The van der Waals surface area contributed by atoms with Gasteiger partial charge in [0.15, 0.2) is 11.9 Å². The molecular weight excluding hydrogens is 268 g/mol. The van der Waals surface area contributed by atoms with E-state index in [1.165, 1.54) is 12.3 Å². The van der Waals surface area contributed by atoms with Crippen molar-refractivity contribution in [1.82, 2.24) is 10.6 Å². The third-order valence-electron chi connectivity index (χ3n) is 2.39. The number of carbonyl (C=O) groups is 3. The quantitative estimate of drug-likeness (QED) is 0.469. The third kappa shape index (κ3) is 5.53. The van der Waals surface area contributed by atoms with Gasteiger partial charge in [0.1, 0.15) is 0 Å². The Morgan fingerprint density at radius 1 is 1.30 bits per heavy atom. The van der Waals surface area contributed by atoms with Gasteiger partial charge >= 0.3 is 5.97 Å². The summed E-state index contributed by atoms with van der Waals surface area (Å²) in [6.45, 7) is -0.0542. The van der Waals surface area contributed by atoms with Crippen molar-refractivity contribution in [1.29, 1.82) is 0 Å². The van der Waals surface area contributed by atoms with Crippen LogP contribution in [0.2, 0.25) is 0 Å². The molecule has 110 valence electrons. The van der Waals surface area contributed by atoms with E-state index >= 15 is 0 Å². The fraction of sp³-hybridized carbons (Fsp3) is 0.417. The summed E-state index contributed by atoms with van der Waals surface area (Å²) in [5, 5.41) is 22.2. The first kappa shape index (κ1) is 15.7. The largest absolute Gasteiger partial charge is 0.479 e. The van der Waals surface area contributed by atoms with Crippen LogP contribution in [0.25, 0.3) is 0 Å². The van der Waals surface area contributed by atoms with Crippen LogP contribution in [0, 0.1) is 0 Å². The predicted molar refractivity (Wildman–Crippen MR) is 66.9 cm³/mol. The monoisotopic (exact) mass is 284 g/mol. The van der Waals surface area contributed by atoms with Gasteiger partial charge in [0.05, 0.1) is 12.8 Å². The van der Waals surface area contributed by atoms with Gasteiger partial charge in [0, 0.05) is 13.0 Å². The van der Waals surface area contributed by atoms with Gasteiger partial charge in [0.2, 0.25) is 5.91 Å². The average molecular weight is 284 g/mol. The molecule has 1 atom stereocenters. The number of aliphatic carboxylic acids is 1.